The van der Waals surface area contributed by atoms with Crippen LogP contribution in [0.3, 0.4) is 0 Å². The number of rotatable bonds is 3. The normalized spacial score (nSPS) is 10.8. The van der Waals surface area contributed by atoms with Crippen LogP contribution in [0.2, 0.25) is 10.0 Å². The quantitative estimate of drug-likeness (QED) is 0.849. The standard InChI is InChI=1S/C13H13Cl2N3O2/c1-6(2)8-5-11(17-18-13(8)19)20-12-9(14)3-7(16)4-10(12)15/h3-6H,16H2,1-2H3,(H,18,19). The van der Waals surface area contributed by atoms with E-state index in [1.807, 2.05) is 13.8 Å². The lowest BCUT2D eigenvalue weighted by atomic mass is 10.1. The maximum absolute atomic E-state index is 11.6. The molecule has 5 nitrogen and oxygen atoms in total. The predicted octanol–water partition coefficient (Wildman–Crippen LogP) is 3.57. The summed E-state index contributed by atoms with van der Waals surface area (Å²) in [5.41, 5.74) is 6.37. The van der Waals surface area contributed by atoms with E-state index in [0.29, 0.717) is 11.3 Å². The number of nitrogens with two attached hydrogens (primary N) is 1. The van der Waals surface area contributed by atoms with E-state index in [1.54, 1.807) is 6.07 Å². The maximum Gasteiger partial charge on any atom is 0.267 e. The van der Waals surface area contributed by atoms with Gasteiger partial charge in [-0.1, -0.05) is 37.0 Å². The van der Waals surface area contributed by atoms with Crippen molar-refractivity contribution in [3.63, 3.8) is 0 Å². The third kappa shape index (κ3) is 3.05. The number of ether oxygens (including phenoxy) is 1. The number of anilines is 1. The summed E-state index contributed by atoms with van der Waals surface area (Å²) in [6.45, 7) is 3.80. The minimum Gasteiger partial charge on any atom is -0.434 e. The lowest BCUT2D eigenvalue weighted by Crippen LogP contribution is -2.15. The third-order valence-electron chi connectivity index (χ3n) is 2.66. The molecule has 0 radical (unpaired) electrons. The Kier molecular flexibility index (Phi) is 4.20. The fourth-order valence-electron chi connectivity index (χ4n) is 1.66. The number of halogens is 2. The topological polar surface area (TPSA) is 81.0 Å². The SMILES string of the molecule is CC(C)c1cc(Oc2c(Cl)cc(N)cc2Cl)n[nH]c1=O. The van der Waals surface area contributed by atoms with Crippen LogP contribution in [-0.4, -0.2) is 10.2 Å². The second-order valence-corrected chi connectivity index (χ2v) is 5.38. The van der Waals surface area contributed by atoms with Crippen LogP contribution >= 0.6 is 23.2 Å². The monoisotopic (exact) mass is 313 g/mol. The van der Waals surface area contributed by atoms with Crippen molar-refractivity contribution in [1.82, 2.24) is 10.2 Å². The van der Waals surface area contributed by atoms with Crippen LogP contribution in [0, 0.1) is 0 Å². The van der Waals surface area contributed by atoms with Crippen molar-refractivity contribution in [3.05, 3.63) is 44.2 Å². The van der Waals surface area contributed by atoms with E-state index in [9.17, 15) is 4.79 Å². The summed E-state index contributed by atoms with van der Waals surface area (Å²) in [5.74, 6) is 0.500. The van der Waals surface area contributed by atoms with Crippen LogP contribution in [-0.2, 0) is 0 Å². The largest absolute Gasteiger partial charge is 0.434 e. The van der Waals surface area contributed by atoms with Crippen LogP contribution in [0.1, 0.15) is 25.3 Å². The Hall–Kier alpha value is -1.72. The number of hydrogen-bond donors (Lipinski definition) is 2. The van der Waals surface area contributed by atoms with E-state index < -0.39 is 0 Å². The van der Waals surface area contributed by atoms with Gasteiger partial charge in [0.2, 0.25) is 5.88 Å². The molecule has 2 rings (SSSR count). The highest BCUT2D eigenvalue weighted by molar-refractivity contribution is 6.37. The van der Waals surface area contributed by atoms with E-state index in [4.69, 9.17) is 33.7 Å². The summed E-state index contributed by atoms with van der Waals surface area (Å²) in [6.07, 6.45) is 0. The van der Waals surface area contributed by atoms with E-state index in [0.717, 1.165) is 0 Å². The Labute approximate surface area is 125 Å². The molecule has 20 heavy (non-hydrogen) atoms. The molecular formula is C13H13Cl2N3O2. The van der Waals surface area contributed by atoms with Crippen molar-refractivity contribution < 1.29 is 4.74 Å². The van der Waals surface area contributed by atoms with Gasteiger partial charge < -0.3 is 10.5 Å². The molecule has 1 aromatic heterocycles. The van der Waals surface area contributed by atoms with Gasteiger partial charge in [0.25, 0.3) is 5.56 Å². The molecule has 0 bridgehead atoms. The van der Waals surface area contributed by atoms with Gasteiger partial charge in [0.15, 0.2) is 5.75 Å². The summed E-state index contributed by atoms with van der Waals surface area (Å²) >= 11 is 12.1. The Morgan fingerprint density at radius 1 is 1.25 bits per heavy atom. The molecule has 0 unspecified atom stereocenters. The van der Waals surface area contributed by atoms with Gasteiger partial charge in [0.1, 0.15) is 0 Å². The number of nitrogens with zero attached hydrogens (tertiary/aromatic N) is 1. The lowest BCUT2D eigenvalue weighted by Gasteiger charge is -2.10. The van der Waals surface area contributed by atoms with Crippen LogP contribution in [0.5, 0.6) is 11.6 Å². The molecule has 0 aliphatic carbocycles. The average molecular weight is 314 g/mol. The summed E-state index contributed by atoms with van der Waals surface area (Å²) in [5, 5.41) is 6.74. The molecule has 0 aliphatic rings. The molecular weight excluding hydrogens is 301 g/mol. The van der Waals surface area contributed by atoms with Gasteiger partial charge in [-0.2, -0.15) is 0 Å². The van der Waals surface area contributed by atoms with E-state index in [1.165, 1.54) is 12.1 Å². The number of aromatic amines is 1. The highest BCUT2D eigenvalue weighted by atomic mass is 35.5. The van der Waals surface area contributed by atoms with Crippen molar-refractivity contribution in [2.24, 2.45) is 0 Å². The first-order valence-electron chi connectivity index (χ1n) is 5.90. The number of H-pyrrole nitrogens is 1. The highest BCUT2D eigenvalue weighted by Crippen LogP contribution is 2.37. The van der Waals surface area contributed by atoms with E-state index in [2.05, 4.69) is 10.2 Å². The molecule has 1 heterocycles. The molecule has 0 amide bonds. The summed E-state index contributed by atoms with van der Waals surface area (Å²) in [7, 11) is 0. The number of nitrogen functional groups attached to an aromatic ring is 1. The Balaban J connectivity index is 2.41. The van der Waals surface area contributed by atoms with Gasteiger partial charge in [0.05, 0.1) is 10.0 Å². The Morgan fingerprint density at radius 2 is 1.85 bits per heavy atom. The first-order chi connectivity index (χ1) is 9.38. The molecule has 3 N–H and O–H groups in total. The van der Waals surface area contributed by atoms with Crippen molar-refractivity contribution >= 4 is 28.9 Å². The molecule has 1 aromatic carbocycles. The fourth-order valence-corrected chi connectivity index (χ4v) is 2.25. The zero-order chi connectivity index (χ0) is 14.9. The number of benzene rings is 1. The van der Waals surface area contributed by atoms with Gasteiger partial charge in [-0.25, -0.2) is 5.10 Å². The summed E-state index contributed by atoms with van der Waals surface area (Å²) < 4.78 is 5.54. The Bertz CT molecular complexity index is 675. The van der Waals surface area contributed by atoms with Gasteiger partial charge in [0, 0.05) is 17.3 Å². The second kappa shape index (κ2) is 5.73. The molecule has 0 spiro atoms. The average Bonchev–Trinajstić information content (AvgIpc) is 2.35. The highest BCUT2D eigenvalue weighted by Gasteiger charge is 2.13. The lowest BCUT2D eigenvalue weighted by molar-refractivity contribution is 0.452. The number of hydrogen-bond acceptors (Lipinski definition) is 4. The fraction of sp³-hybridized carbons (Fsp3) is 0.231. The minimum atomic E-state index is -0.248. The maximum atomic E-state index is 11.6. The molecule has 106 valence electrons. The van der Waals surface area contributed by atoms with Gasteiger partial charge in [-0.3, -0.25) is 4.79 Å². The first-order valence-corrected chi connectivity index (χ1v) is 6.66. The summed E-state index contributed by atoms with van der Waals surface area (Å²) in [4.78, 5) is 11.6. The van der Waals surface area contributed by atoms with Gasteiger partial charge >= 0.3 is 0 Å². The van der Waals surface area contributed by atoms with Crippen molar-refractivity contribution in [2.45, 2.75) is 19.8 Å². The van der Waals surface area contributed by atoms with Gasteiger partial charge in [-0.15, -0.1) is 5.10 Å². The van der Waals surface area contributed by atoms with Crippen molar-refractivity contribution in [3.8, 4) is 11.6 Å². The van der Waals surface area contributed by atoms with Crippen LogP contribution in [0.4, 0.5) is 5.69 Å². The molecule has 0 atom stereocenters. The molecule has 7 heteroatoms. The third-order valence-corrected chi connectivity index (χ3v) is 3.22. The molecule has 0 fully saturated rings. The second-order valence-electron chi connectivity index (χ2n) is 4.56. The van der Waals surface area contributed by atoms with Crippen LogP contribution < -0.4 is 16.0 Å². The number of aromatic nitrogens is 2. The predicted molar refractivity (Wildman–Crippen MR) is 79.9 cm³/mol. The van der Waals surface area contributed by atoms with Crippen LogP contribution in [0.25, 0.3) is 0 Å². The zero-order valence-corrected chi connectivity index (χ0v) is 12.4. The van der Waals surface area contributed by atoms with Crippen LogP contribution in [0.15, 0.2) is 23.0 Å². The number of nitrogens with one attached hydrogen (secondary N) is 1. The molecule has 0 aliphatic heterocycles. The van der Waals surface area contributed by atoms with Crippen molar-refractivity contribution in [1.29, 1.82) is 0 Å². The molecule has 0 saturated heterocycles. The summed E-state index contributed by atoms with van der Waals surface area (Å²) in [6, 6.07) is 4.61. The van der Waals surface area contributed by atoms with Gasteiger partial charge in [-0.05, 0) is 18.1 Å². The smallest absolute Gasteiger partial charge is 0.267 e. The van der Waals surface area contributed by atoms with E-state index in [-0.39, 0.29) is 33.2 Å². The molecule has 2 aromatic rings. The van der Waals surface area contributed by atoms with Crippen molar-refractivity contribution in [2.75, 3.05) is 5.73 Å². The zero-order valence-electron chi connectivity index (χ0n) is 10.9. The van der Waals surface area contributed by atoms with E-state index >= 15 is 0 Å². The first kappa shape index (κ1) is 14.7. The Morgan fingerprint density at radius 3 is 2.40 bits per heavy atom. The minimum absolute atomic E-state index is 0.0430. The molecule has 0 saturated carbocycles.